The van der Waals surface area contributed by atoms with E-state index >= 15 is 0 Å². The number of methoxy groups -OCH3 is 1. The van der Waals surface area contributed by atoms with E-state index in [1.807, 2.05) is 19.1 Å². The van der Waals surface area contributed by atoms with Crippen LogP contribution in [0, 0.1) is 13.8 Å². The van der Waals surface area contributed by atoms with Gasteiger partial charge in [0.25, 0.3) is 0 Å². The largest absolute Gasteiger partial charge is 0.496 e. The predicted molar refractivity (Wildman–Crippen MR) is 80.1 cm³/mol. The SMILES string of the molecule is COc1ccc(CNC(=O)NC2CCCC2)c(C)c1C. The van der Waals surface area contributed by atoms with Crippen molar-refractivity contribution in [2.75, 3.05) is 7.11 Å². The molecule has 1 aromatic rings. The molecule has 0 atom stereocenters. The summed E-state index contributed by atoms with van der Waals surface area (Å²) in [7, 11) is 1.68. The summed E-state index contributed by atoms with van der Waals surface area (Å²) in [6, 6.07) is 4.25. The highest BCUT2D eigenvalue weighted by atomic mass is 16.5. The van der Waals surface area contributed by atoms with Gasteiger partial charge >= 0.3 is 6.03 Å². The fraction of sp³-hybridized carbons (Fsp3) is 0.562. The highest BCUT2D eigenvalue weighted by Gasteiger charge is 2.17. The van der Waals surface area contributed by atoms with Gasteiger partial charge in [0.05, 0.1) is 7.11 Å². The minimum Gasteiger partial charge on any atom is -0.496 e. The Balaban J connectivity index is 1.90. The van der Waals surface area contributed by atoms with Crippen LogP contribution in [0.1, 0.15) is 42.4 Å². The zero-order chi connectivity index (χ0) is 14.5. The molecule has 0 aliphatic heterocycles. The van der Waals surface area contributed by atoms with Crippen LogP contribution < -0.4 is 15.4 Å². The average molecular weight is 276 g/mol. The molecule has 0 unspecified atom stereocenters. The van der Waals surface area contributed by atoms with E-state index in [-0.39, 0.29) is 6.03 Å². The van der Waals surface area contributed by atoms with Crippen LogP contribution in [0.5, 0.6) is 5.75 Å². The first kappa shape index (κ1) is 14.7. The Morgan fingerprint density at radius 2 is 1.95 bits per heavy atom. The molecule has 4 nitrogen and oxygen atoms in total. The molecule has 2 N–H and O–H groups in total. The molecule has 1 aliphatic rings. The summed E-state index contributed by atoms with van der Waals surface area (Å²) in [6.07, 6.45) is 4.66. The molecule has 1 saturated carbocycles. The second-order valence-corrected chi connectivity index (χ2v) is 5.49. The first-order valence-corrected chi connectivity index (χ1v) is 7.29. The van der Waals surface area contributed by atoms with Gasteiger partial charge in [-0.1, -0.05) is 18.9 Å². The van der Waals surface area contributed by atoms with Gasteiger partial charge < -0.3 is 15.4 Å². The van der Waals surface area contributed by atoms with Crippen molar-refractivity contribution in [3.63, 3.8) is 0 Å². The maximum absolute atomic E-state index is 11.8. The Morgan fingerprint density at radius 3 is 2.60 bits per heavy atom. The van der Waals surface area contributed by atoms with Crippen molar-refractivity contribution in [3.05, 3.63) is 28.8 Å². The van der Waals surface area contributed by atoms with Crippen LogP contribution in [0.25, 0.3) is 0 Å². The summed E-state index contributed by atoms with van der Waals surface area (Å²) in [5, 5.41) is 5.97. The third-order valence-electron chi connectivity index (χ3n) is 4.20. The Hall–Kier alpha value is -1.71. The number of nitrogens with one attached hydrogen (secondary N) is 2. The van der Waals surface area contributed by atoms with Gasteiger partial charge in [0.1, 0.15) is 5.75 Å². The summed E-state index contributed by atoms with van der Waals surface area (Å²) in [5.41, 5.74) is 3.43. The Kier molecular flexibility index (Phi) is 4.88. The lowest BCUT2D eigenvalue weighted by Gasteiger charge is -2.15. The first-order valence-electron chi connectivity index (χ1n) is 7.29. The molecular formula is C16H24N2O2. The van der Waals surface area contributed by atoms with E-state index in [1.165, 1.54) is 18.4 Å². The fourth-order valence-corrected chi connectivity index (χ4v) is 2.75. The monoisotopic (exact) mass is 276 g/mol. The number of carbonyl (C=O) groups is 1. The molecule has 0 bridgehead atoms. The average Bonchev–Trinajstić information content (AvgIpc) is 2.93. The molecule has 110 valence electrons. The van der Waals surface area contributed by atoms with E-state index in [0.29, 0.717) is 12.6 Å². The number of rotatable bonds is 4. The Morgan fingerprint density at radius 1 is 1.25 bits per heavy atom. The molecule has 0 spiro atoms. The lowest BCUT2D eigenvalue weighted by atomic mass is 10.0. The van der Waals surface area contributed by atoms with Gasteiger partial charge in [0.15, 0.2) is 0 Å². The Labute approximate surface area is 120 Å². The summed E-state index contributed by atoms with van der Waals surface area (Å²) >= 11 is 0. The number of ether oxygens (including phenoxy) is 1. The van der Waals surface area contributed by atoms with Crippen LogP contribution in [-0.2, 0) is 6.54 Å². The second kappa shape index (κ2) is 6.64. The number of urea groups is 1. The molecule has 1 fully saturated rings. The highest BCUT2D eigenvalue weighted by Crippen LogP contribution is 2.23. The summed E-state index contributed by atoms with van der Waals surface area (Å²) in [5.74, 6) is 0.890. The maximum Gasteiger partial charge on any atom is 0.315 e. The van der Waals surface area contributed by atoms with Crippen molar-refractivity contribution in [1.29, 1.82) is 0 Å². The number of amides is 2. The summed E-state index contributed by atoms with van der Waals surface area (Å²) in [4.78, 5) is 11.8. The van der Waals surface area contributed by atoms with Gasteiger partial charge in [-0.15, -0.1) is 0 Å². The van der Waals surface area contributed by atoms with Crippen molar-refractivity contribution in [3.8, 4) is 5.75 Å². The van der Waals surface area contributed by atoms with Gasteiger partial charge in [-0.25, -0.2) is 4.79 Å². The van der Waals surface area contributed by atoms with Crippen molar-refractivity contribution in [1.82, 2.24) is 10.6 Å². The maximum atomic E-state index is 11.8. The zero-order valence-electron chi connectivity index (χ0n) is 12.6. The van der Waals surface area contributed by atoms with E-state index in [2.05, 4.69) is 17.6 Å². The molecule has 0 radical (unpaired) electrons. The van der Waals surface area contributed by atoms with Crippen molar-refractivity contribution in [2.24, 2.45) is 0 Å². The van der Waals surface area contributed by atoms with E-state index in [9.17, 15) is 4.79 Å². The van der Waals surface area contributed by atoms with Crippen LogP contribution in [0.15, 0.2) is 12.1 Å². The molecule has 20 heavy (non-hydrogen) atoms. The van der Waals surface area contributed by atoms with Gasteiger partial charge in [0.2, 0.25) is 0 Å². The molecule has 4 heteroatoms. The standard InChI is InChI=1S/C16H24N2O2/c1-11-12(2)15(20-3)9-8-13(11)10-17-16(19)18-14-6-4-5-7-14/h8-9,14H,4-7,10H2,1-3H3,(H2,17,18,19). The van der Waals surface area contributed by atoms with Crippen LogP contribution >= 0.6 is 0 Å². The minimum atomic E-state index is -0.0650. The van der Waals surface area contributed by atoms with Crippen molar-refractivity contribution in [2.45, 2.75) is 52.1 Å². The van der Waals surface area contributed by atoms with Gasteiger partial charge in [-0.2, -0.15) is 0 Å². The highest BCUT2D eigenvalue weighted by molar-refractivity contribution is 5.74. The third kappa shape index (κ3) is 3.44. The quantitative estimate of drug-likeness (QED) is 0.888. The van der Waals surface area contributed by atoms with Gasteiger partial charge in [0, 0.05) is 12.6 Å². The molecule has 1 aliphatic carbocycles. The topological polar surface area (TPSA) is 50.4 Å². The molecule has 2 rings (SSSR count). The van der Waals surface area contributed by atoms with E-state index < -0.39 is 0 Å². The lowest BCUT2D eigenvalue weighted by Crippen LogP contribution is -2.40. The number of benzene rings is 1. The molecule has 1 aromatic carbocycles. The van der Waals surface area contributed by atoms with E-state index in [0.717, 1.165) is 29.7 Å². The molecule has 0 heterocycles. The summed E-state index contributed by atoms with van der Waals surface area (Å²) < 4.78 is 5.30. The first-order chi connectivity index (χ1) is 9.61. The molecule has 0 aromatic heterocycles. The number of carbonyl (C=O) groups excluding carboxylic acids is 1. The zero-order valence-corrected chi connectivity index (χ0v) is 12.6. The lowest BCUT2D eigenvalue weighted by molar-refractivity contribution is 0.236. The summed E-state index contributed by atoms with van der Waals surface area (Å²) in [6.45, 7) is 4.65. The van der Waals surface area contributed by atoms with Crippen LogP contribution in [0.3, 0.4) is 0 Å². The third-order valence-corrected chi connectivity index (χ3v) is 4.20. The fourth-order valence-electron chi connectivity index (χ4n) is 2.75. The smallest absolute Gasteiger partial charge is 0.315 e. The van der Waals surface area contributed by atoms with Gasteiger partial charge in [-0.3, -0.25) is 0 Å². The van der Waals surface area contributed by atoms with Crippen LogP contribution in [-0.4, -0.2) is 19.2 Å². The predicted octanol–water partition coefficient (Wildman–Crippen LogP) is 3.05. The molecular weight excluding hydrogens is 252 g/mol. The van der Waals surface area contributed by atoms with Crippen LogP contribution in [0.4, 0.5) is 4.79 Å². The van der Waals surface area contributed by atoms with E-state index in [4.69, 9.17) is 4.74 Å². The normalized spacial score (nSPS) is 15.2. The van der Waals surface area contributed by atoms with Crippen LogP contribution in [0.2, 0.25) is 0 Å². The Bertz CT molecular complexity index is 480. The minimum absolute atomic E-state index is 0.0650. The van der Waals surface area contributed by atoms with Gasteiger partial charge in [-0.05, 0) is 49.4 Å². The van der Waals surface area contributed by atoms with Crippen molar-refractivity contribution >= 4 is 6.03 Å². The number of hydrogen-bond acceptors (Lipinski definition) is 2. The molecule has 0 saturated heterocycles. The molecule has 2 amide bonds. The van der Waals surface area contributed by atoms with Crippen molar-refractivity contribution < 1.29 is 9.53 Å². The van der Waals surface area contributed by atoms with E-state index in [1.54, 1.807) is 7.11 Å². The number of hydrogen-bond donors (Lipinski definition) is 2. The second-order valence-electron chi connectivity index (χ2n) is 5.49.